The van der Waals surface area contributed by atoms with E-state index >= 15 is 0 Å². The van der Waals surface area contributed by atoms with Crippen LogP contribution < -0.4 is 11.1 Å². The highest BCUT2D eigenvalue weighted by Gasteiger charge is 2.40. The summed E-state index contributed by atoms with van der Waals surface area (Å²) in [7, 11) is 0. The molecular formula is C26H33N3O3. The summed E-state index contributed by atoms with van der Waals surface area (Å²) in [6, 6.07) is 12.0. The summed E-state index contributed by atoms with van der Waals surface area (Å²) >= 11 is 0. The van der Waals surface area contributed by atoms with Crippen molar-refractivity contribution in [1.29, 1.82) is 0 Å². The highest BCUT2D eigenvalue weighted by atomic mass is 16.3. The largest absolute Gasteiger partial charge is 0.508 e. The minimum atomic E-state index is -0.730. The van der Waals surface area contributed by atoms with Gasteiger partial charge >= 0.3 is 0 Å². The van der Waals surface area contributed by atoms with E-state index in [-0.39, 0.29) is 30.2 Å². The van der Waals surface area contributed by atoms with Crippen molar-refractivity contribution in [2.24, 2.45) is 11.1 Å². The molecule has 0 fully saturated rings. The van der Waals surface area contributed by atoms with Gasteiger partial charge in [-0.3, -0.25) is 9.59 Å². The number of phenols is 1. The predicted molar refractivity (Wildman–Crippen MR) is 124 cm³/mol. The number of carbonyl (C=O) groups excluding carboxylic acids is 2. The molecule has 0 unspecified atom stereocenters. The molecule has 1 aliphatic carbocycles. The van der Waals surface area contributed by atoms with Gasteiger partial charge in [-0.05, 0) is 59.1 Å². The normalized spacial score (nSPS) is 21.3. The fraction of sp³-hybridized carbons (Fsp3) is 0.462. The van der Waals surface area contributed by atoms with Crippen LogP contribution in [0.2, 0.25) is 0 Å². The average Bonchev–Trinajstić information content (AvgIpc) is 2.76. The van der Waals surface area contributed by atoms with Crippen molar-refractivity contribution in [3.63, 3.8) is 0 Å². The summed E-state index contributed by atoms with van der Waals surface area (Å²) in [5.74, 6) is -0.242. The standard InChI is InChI=1S/C26H33N3O3/c1-26(2,3)23(27)25(32)29-15-18-13-19(30)12-11-17(18)14-22(29)24(31)28-21-10-6-8-16-7-4-5-9-20(16)21/h4-5,7,9,11-13,21-23,30H,6,8,10,14-15,27H2,1-3H3,(H,28,31)/t21-,22+,23-/m1/s1. The molecule has 0 saturated carbocycles. The van der Waals surface area contributed by atoms with Crippen molar-refractivity contribution < 1.29 is 14.7 Å². The zero-order valence-electron chi connectivity index (χ0n) is 19.1. The van der Waals surface area contributed by atoms with Crippen LogP contribution in [-0.4, -0.2) is 33.9 Å². The number of aromatic hydroxyl groups is 1. The first-order valence-corrected chi connectivity index (χ1v) is 11.4. The number of aryl methyl sites for hydroxylation is 1. The van der Waals surface area contributed by atoms with Crippen molar-refractivity contribution in [3.8, 4) is 5.75 Å². The lowest BCUT2D eigenvalue weighted by Crippen LogP contribution is -2.59. The fourth-order valence-corrected chi connectivity index (χ4v) is 4.76. The Bertz CT molecular complexity index is 1030. The first-order chi connectivity index (χ1) is 15.1. The second kappa shape index (κ2) is 8.58. The zero-order valence-corrected chi connectivity index (χ0v) is 19.1. The predicted octanol–water partition coefficient (Wildman–Crippen LogP) is 3.21. The number of nitrogens with two attached hydrogens (primary N) is 1. The van der Waals surface area contributed by atoms with Gasteiger partial charge in [-0.25, -0.2) is 0 Å². The molecule has 4 N–H and O–H groups in total. The smallest absolute Gasteiger partial charge is 0.243 e. The molecule has 170 valence electrons. The fourth-order valence-electron chi connectivity index (χ4n) is 4.76. The summed E-state index contributed by atoms with van der Waals surface area (Å²) in [5, 5.41) is 13.2. The molecule has 6 heteroatoms. The van der Waals surface area contributed by atoms with E-state index < -0.39 is 17.5 Å². The molecule has 0 saturated heterocycles. The number of nitrogens with zero attached hydrogens (tertiary/aromatic N) is 1. The van der Waals surface area contributed by atoms with E-state index in [4.69, 9.17) is 5.73 Å². The Kier molecular flexibility index (Phi) is 5.99. The average molecular weight is 436 g/mol. The van der Waals surface area contributed by atoms with E-state index in [2.05, 4.69) is 17.4 Å². The zero-order chi connectivity index (χ0) is 23.0. The van der Waals surface area contributed by atoms with E-state index in [0.717, 1.165) is 36.0 Å². The highest BCUT2D eigenvalue weighted by Crippen LogP contribution is 2.32. The highest BCUT2D eigenvalue weighted by molar-refractivity contribution is 5.91. The number of phenolic OH excluding ortho intramolecular Hbond substituents is 1. The van der Waals surface area contributed by atoms with Gasteiger partial charge in [0.15, 0.2) is 0 Å². The third-order valence-corrected chi connectivity index (χ3v) is 6.79. The van der Waals surface area contributed by atoms with E-state index in [1.807, 2.05) is 39.0 Å². The van der Waals surface area contributed by atoms with Crippen molar-refractivity contribution in [2.45, 2.75) is 71.1 Å². The van der Waals surface area contributed by atoms with E-state index in [0.29, 0.717) is 6.42 Å². The molecule has 0 aromatic heterocycles. The quantitative estimate of drug-likeness (QED) is 0.690. The van der Waals surface area contributed by atoms with Crippen molar-refractivity contribution in [3.05, 3.63) is 64.7 Å². The lowest BCUT2D eigenvalue weighted by Gasteiger charge is -2.40. The topological polar surface area (TPSA) is 95.7 Å². The van der Waals surface area contributed by atoms with Gasteiger partial charge in [-0.1, -0.05) is 51.1 Å². The molecule has 0 radical (unpaired) electrons. The van der Waals surface area contributed by atoms with Crippen LogP contribution in [0.25, 0.3) is 0 Å². The Morgan fingerprint density at radius 1 is 1.12 bits per heavy atom. The van der Waals surface area contributed by atoms with Crippen LogP contribution in [0.4, 0.5) is 0 Å². The molecule has 0 spiro atoms. The molecular weight excluding hydrogens is 402 g/mol. The van der Waals surface area contributed by atoms with Crippen LogP contribution in [-0.2, 0) is 29.0 Å². The molecule has 2 amide bonds. The Labute approximate surface area is 189 Å². The molecule has 2 aromatic rings. The number of hydrogen-bond acceptors (Lipinski definition) is 4. The molecule has 1 heterocycles. The van der Waals surface area contributed by atoms with Crippen LogP contribution in [0, 0.1) is 5.41 Å². The molecule has 3 atom stereocenters. The SMILES string of the molecule is CC(C)(C)[C@H](N)C(=O)N1Cc2cc(O)ccc2C[C@H]1C(=O)N[C@@H]1CCCc2ccccc21. The maximum atomic E-state index is 13.5. The van der Waals surface area contributed by atoms with Gasteiger partial charge in [0.25, 0.3) is 0 Å². The maximum absolute atomic E-state index is 13.5. The summed E-state index contributed by atoms with van der Waals surface area (Å²) < 4.78 is 0. The van der Waals surface area contributed by atoms with Crippen LogP contribution in [0.3, 0.4) is 0 Å². The second-order valence-electron chi connectivity index (χ2n) is 10.1. The van der Waals surface area contributed by atoms with Gasteiger partial charge < -0.3 is 21.1 Å². The second-order valence-corrected chi connectivity index (χ2v) is 10.1. The number of benzene rings is 2. The maximum Gasteiger partial charge on any atom is 0.243 e. The minimum Gasteiger partial charge on any atom is -0.508 e. The summed E-state index contributed by atoms with van der Waals surface area (Å²) in [6.45, 7) is 6.03. The van der Waals surface area contributed by atoms with Crippen LogP contribution in [0.5, 0.6) is 5.75 Å². The molecule has 0 bridgehead atoms. The number of carbonyl (C=O) groups is 2. The molecule has 6 nitrogen and oxygen atoms in total. The van der Waals surface area contributed by atoms with Gasteiger partial charge in [-0.2, -0.15) is 0 Å². The molecule has 2 aliphatic rings. The van der Waals surface area contributed by atoms with Gasteiger partial charge in [0.2, 0.25) is 11.8 Å². The first-order valence-electron chi connectivity index (χ1n) is 11.4. The Morgan fingerprint density at radius 3 is 2.62 bits per heavy atom. The monoisotopic (exact) mass is 435 g/mol. The summed E-state index contributed by atoms with van der Waals surface area (Å²) in [4.78, 5) is 28.5. The van der Waals surface area contributed by atoms with Gasteiger partial charge in [0, 0.05) is 13.0 Å². The molecule has 2 aromatic carbocycles. The van der Waals surface area contributed by atoms with Crippen molar-refractivity contribution in [1.82, 2.24) is 10.2 Å². The first kappa shape index (κ1) is 22.3. The Hall–Kier alpha value is -2.86. The Balaban J connectivity index is 1.62. The van der Waals surface area contributed by atoms with E-state index in [1.54, 1.807) is 17.0 Å². The number of fused-ring (bicyclic) bond motifs is 2. The summed E-state index contributed by atoms with van der Waals surface area (Å²) in [6.07, 6.45) is 3.33. The van der Waals surface area contributed by atoms with Crippen molar-refractivity contribution >= 4 is 11.8 Å². The van der Waals surface area contributed by atoms with E-state index in [9.17, 15) is 14.7 Å². The summed E-state index contributed by atoms with van der Waals surface area (Å²) in [5.41, 5.74) is 10.1. The molecule has 1 aliphatic heterocycles. The number of rotatable bonds is 3. The number of nitrogens with one attached hydrogen (secondary N) is 1. The number of hydrogen-bond donors (Lipinski definition) is 3. The van der Waals surface area contributed by atoms with Crippen LogP contribution in [0.1, 0.15) is 61.9 Å². The van der Waals surface area contributed by atoms with Crippen LogP contribution in [0.15, 0.2) is 42.5 Å². The van der Waals surface area contributed by atoms with Gasteiger partial charge in [0.05, 0.1) is 12.1 Å². The Morgan fingerprint density at radius 2 is 1.88 bits per heavy atom. The molecule has 4 rings (SSSR count). The van der Waals surface area contributed by atoms with Gasteiger partial charge in [-0.15, -0.1) is 0 Å². The van der Waals surface area contributed by atoms with E-state index in [1.165, 1.54) is 5.56 Å². The third kappa shape index (κ3) is 4.37. The minimum absolute atomic E-state index is 0.0538. The molecule has 32 heavy (non-hydrogen) atoms. The van der Waals surface area contributed by atoms with Crippen molar-refractivity contribution in [2.75, 3.05) is 0 Å². The lowest BCUT2D eigenvalue weighted by atomic mass is 9.84. The third-order valence-electron chi connectivity index (χ3n) is 6.79. The van der Waals surface area contributed by atoms with Crippen LogP contribution >= 0.6 is 0 Å². The van der Waals surface area contributed by atoms with Gasteiger partial charge in [0.1, 0.15) is 11.8 Å². The lowest BCUT2D eigenvalue weighted by molar-refractivity contribution is -0.145. The number of amides is 2.